The van der Waals surface area contributed by atoms with E-state index in [1.807, 2.05) is 0 Å². The lowest BCUT2D eigenvalue weighted by Crippen LogP contribution is -2.21. The van der Waals surface area contributed by atoms with Crippen LogP contribution in [0.15, 0.2) is 11.0 Å². The summed E-state index contributed by atoms with van der Waals surface area (Å²) in [5.74, 6) is -0.451. The Labute approximate surface area is 89.0 Å². The topological polar surface area (TPSA) is 51.3 Å². The number of hydrogen-bond acceptors (Lipinski definition) is 3. The second-order valence-corrected chi connectivity index (χ2v) is 3.07. The van der Waals surface area contributed by atoms with Crippen molar-refractivity contribution in [3.8, 4) is 11.5 Å². The SMILES string of the molecule is COc1c(OCC(F)(F)F)c(C)c[nH]c1=O. The van der Waals surface area contributed by atoms with Crippen LogP contribution in [-0.4, -0.2) is 24.9 Å². The predicted octanol–water partition coefficient (Wildman–Crippen LogP) is 1.63. The lowest BCUT2D eigenvalue weighted by molar-refractivity contribution is -0.153. The minimum atomic E-state index is -4.46. The molecule has 16 heavy (non-hydrogen) atoms. The summed E-state index contributed by atoms with van der Waals surface area (Å²) in [4.78, 5) is 13.5. The van der Waals surface area contributed by atoms with Gasteiger partial charge in [-0.3, -0.25) is 4.79 Å². The third-order valence-electron chi connectivity index (χ3n) is 1.77. The molecule has 0 aliphatic carbocycles. The van der Waals surface area contributed by atoms with E-state index in [2.05, 4.69) is 14.5 Å². The molecule has 7 heteroatoms. The van der Waals surface area contributed by atoms with E-state index in [1.54, 1.807) is 0 Å². The lowest BCUT2D eigenvalue weighted by atomic mass is 10.3. The van der Waals surface area contributed by atoms with Gasteiger partial charge in [-0.15, -0.1) is 0 Å². The summed E-state index contributed by atoms with van der Waals surface area (Å²) in [5.41, 5.74) is -0.272. The third kappa shape index (κ3) is 2.91. The van der Waals surface area contributed by atoms with E-state index in [9.17, 15) is 18.0 Å². The normalized spacial score (nSPS) is 11.3. The van der Waals surface area contributed by atoms with Crippen LogP contribution in [0.1, 0.15) is 5.56 Å². The van der Waals surface area contributed by atoms with Gasteiger partial charge in [0.15, 0.2) is 12.4 Å². The number of H-pyrrole nitrogens is 1. The predicted molar refractivity (Wildman–Crippen MR) is 49.9 cm³/mol. The number of alkyl halides is 3. The first kappa shape index (κ1) is 12.4. The van der Waals surface area contributed by atoms with E-state index in [4.69, 9.17) is 0 Å². The first-order valence-electron chi connectivity index (χ1n) is 4.31. The zero-order valence-corrected chi connectivity index (χ0v) is 8.64. The second-order valence-electron chi connectivity index (χ2n) is 3.07. The Kier molecular flexibility index (Phi) is 3.46. The number of aromatic nitrogens is 1. The molecule has 0 unspecified atom stereocenters. The van der Waals surface area contributed by atoms with Gasteiger partial charge in [0.2, 0.25) is 5.75 Å². The maximum absolute atomic E-state index is 12.0. The van der Waals surface area contributed by atoms with Gasteiger partial charge in [-0.2, -0.15) is 13.2 Å². The van der Waals surface area contributed by atoms with Gasteiger partial charge in [0, 0.05) is 11.8 Å². The molecule has 1 heterocycles. The molecule has 0 aromatic carbocycles. The van der Waals surface area contributed by atoms with Gasteiger partial charge in [0.25, 0.3) is 5.56 Å². The number of pyridine rings is 1. The summed E-state index contributed by atoms with van der Waals surface area (Å²) in [6.45, 7) is 0.0395. The number of nitrogens with one attached hydrogen (secondary N) is 1. The van der Waals surface area contributed by atoms with Gasteiger partial charge in [-0.1, -0.05) is 0 Å². The van der Waals surface area contributed by atoms with Crippen LogP contribution in [0.2, 0.25) is 0 Å². The van der Waals surface area contributed by atoms with Crippen molar-refractivity contribution < 1.29 is 22.6 Å². The van der Waals surface area contributed by atoms with Crippen molar-refractivity contribution in [2.45, 2.75) is 13.1 Å². The molecule has 0 fully saturated rings. The number of hydrogen-bond donors (Lipinski definition) is 1. The van der Waals surface area contributed by atoms with E-state index in [1.165, 1.54) is 20.2 Å². The molecule has 0 radical (unpaired) electrons. The van der Waals surface area contributed by atoms with Crippen molar-refractivity contribution in [2.75, 3.05) is 13.7 Å². The maximum atomic E-state index is 12.0. The quantitative estimate of drug-likeness (QED) is 0.869. The molecule has 90 valence electrons. The zero-order chi connectivity index (χ0) is 12.3. The minimum Gasteiger partial charge on any atom is -0.488 e. The highest BCUT2D eigenvalue weighted by Gasteiger charge is 2.29. The van der Waals surface area contributed by atoms with Crippen LogP contribution in [-0.2, 0) is 0 Å². The summed E-state index contributed by atoms with van der Waals surface area (Å²) in [5, 5.41) is 0. The fraction of sp³-hybridized carbons (Fsp3) is 0.444. The van der Waals surface area contributed by atoms with E-state index < -0.39 is 18.3 Å². The highest BCUT2D eigenvalue weighted by atomic mass is 19.4. The second kappa shape index (κ2) is 4.46. The van der Waals surface area contributed by atoms with Crippen LogP contribution in [0.3, 0.4) is 0 Å². The van der Waals surface area contributed by atoms with Gasteiger partial charge >= 0.3 is 6.18 Å². The number of halogens is 3. The summed E-state index contributed by atoms with van der Waals surface area (Å²) < 4.78 is 45.1. The number of rotatable bonds is 3. The highest BCUT2D eigenvalue weighted by molar-refractivity contribution is 5.43. The van der Waals surface area contributed by atoms with Crippen LogP contribution >= 0.6 is 0 Å². The molecule has 0 spiro atoms. The standard InChI is InChI=1S/C9H10F3NO3/c1-5-3-13-8(14)7(15-2)6(5)16-4-9(10,11)12/h3H,4H2,1-2H3,(H,13,14). The Morgan fingerprint density at radius 1 is 1.38 bits per heavy atom. The van der Waals surface area contributed by atoms with Crippen LogP contribution in [0.4, 0.5) is 13.2 Å². The molecule has 0 aliphatic heterocycles. The summed E-state index contributed by atoms with van der Waals surface area (Å²) in [7, 11) is 1.18. The van der Waals surface area contributed by atoms with Crippen molar-refractivity contribution in [1.82, 2.24) is 4.98 Å². The third-order valence-corrected chi connectivity index (χ3v) is 1.77. The van der Waals surface area contributed by atoms with Crippen molar-refractivity contribution in [1.29, 1.82) is 0 Å². The number of aryl methyl sites for hydroxylation is 1. The molecular formula is C9H10F3NO3. The molecular weight excluding hydrogens is 227 g/mol. The smallest absolute Gasteiger partial charge is 0.422 e. The average molecular weight is 237 g/mol. The molecule has 1 rings (SSSR count). The monoisotopic (exact) mass is 237 g/mol. The molecule has 0 aliphatic rings. The van der Waals surface area contributed by atoms with Gasteiger partial charge in [-0.25, -0.2) is 0 Å². The van der Waals surface area contributed by atoms with Crippen LogP contribution in [0, 0.1) is 6.92 Å². The largest absolute Gasteiger partial charge is 0.488 e. The zero-order valence-electron chi connectivity index (χ0n) is 8.64. The Bertz CT molecular complexity index is 425. The van der Waals surface area contributed by atoms with Crippen LogP contribution < -0.4 is 15.0 Å². The Hall–Kier alpha value is -1.66. The van der Waals surface area contributed by atoms with Crippen molar-refractivity contribution in [2.24, 2.45) is 0 Å². The van der Waals surface area contributed by atoms with Crippen molar-refractivity contribution >= 4 is 0 Å². The average Bonchev–Trinajstić information content (AvgIpc) is 2.17. The molecule has 0 saturated carbocycles. The fourth-order valence-corrected chi connectivity index (χ4v) is 1.11. The van der Waals surface area contributed by atoms with Gasteiger partial charge in [-0.05, 0) is 6.92 Å². The van der Waals surface area contributed by atoms with Crippen LogP contribution in [0.25, 0.3) is 0 Å². The van der Waals surface area contributed by atoms with Gasteiger partial charge in [0.1, 0.15) is 0 Å². The minimum absolute atomic E-state index is 0.191. The summed E-state index contributed by atoms with van der Waals surface area (Å²) in [6, 6.07) is 0. The van der Waals surface area contributed by atoms with E-state index in [-0.39, 0.29) is 11.5 Å². The van der Waals surface area contributed by atoms with Crippen LogP contribution in [0.5, 0.6) is 11.5 Å². The summed E-state index contributed by atoms with van der Waals surface area (Å²) in [6.07, 6.45) is -3.20. The van der Waals surface area contributed by atoms with E-state index in [0.29, 0.717) is 5.56 Å². The molecule has 1 aromatic rings. The number of ether oxygens (including phenoxy) is 2. The summed E-state index contributed by atoms with van der Waals surface area (Å²) >= 11 is 0. The maximum Gasteiger partial charge on any atom is 0.422 e. The molecule has 0 saturated heterocycles. The van der Waals surface area contributed by atoms with Crippen molar-refractivity contribution in [3.05, 3.63) is 22.1 Å². The van der Waals surface area contributed by atoms with Gasteiger partial charge < -0.3 is 14.5 Å². The molecule has 0 atom stereocenters. The van der Waals surface area contributed by atoms with Crippen molar-refractivity contribution in [3.63, 3.8) is 0 Å². The Balaban J connectivity index is 3.03. The van der Waals surface area contributed by atoms with E-state index in [0.717, 1.165) is 0 Å². The van der Waals surface area contributed by atoms with E-state index >= 15 is 0 Å². The molecule has 0 bridgehead atoms. The molecule has 1 aromatic heterocycles. The fourth-order valence-electron chi connectivity index (χ4n) is 1.11. The number of methoxy groups -OCH3 is 1. The number of aromatic amines is 1. The molecule has 1 N–H and O–H groups in total. The van der Waals surface area contributed by atoms with Gasteiger partial charge in [0.05, 0.1) is 7.11 Å². The highest BCUT2D eigenvalue weighted by Crippen LogP contribution is 2.27. The Morgan fingerprint density at radius 2 is 2.00 bits per heavy atom. The first-order valence-corrected chi connectivity index (χ1v) is 4.31. The molecule has 0 amide bonds. The first-order chi connectivity index (χ1) is 7.35. The molecule has 4 nitrogen and oxygen atoms in total. The lowest BCUT2D eigenvalue weighted by Gasteiger charge is -2.13. The Morgan fingerprint density at radius 3 is 2.50 bits per heavy atom.